The standard InChI is InChI=1S/C18H31N5O.HI/c1-16(23-12-10-22(3)11-13-23)15-21-18(19-2)20-9-14-24-17-7-5-4-6-8-17;/h4-8,16H,9-15H2,1-3H3,(H2,19,20,21);1H. The second-order valence-electron chi connectivity index (χ2n) is 6.23. The summed E-state index contributed by atoms with van der Waals surface area (Å²) in [6.45, 7) is 9.05. The number of nitrogens with one attached hydrogen (secondary N) is 2. The SMILES string of the molecule is CN=C(NCCOc1ccccc1)NCC(C)N1CCN(C)CC1.I. The second-order valence-corrected chi connectivity index (χ2v) is 6.23. The van der Waals surface area contributed by atoms with E-state index in [2.05, 4.69) is 39.4 Å². The van der Waals surface area contributed by atoms with Gasteiger partial charge < -0.3 is 20.3 Å². The highest BCUT2D eigenvalue weighted by Crippen LogP contribution is 2.07. The van der Waals surface area contributed by atoms with E-state index in [0.29, 0.717) is 12.6 Å². The Morgan fingerprint density at radius 3 is 2.48 bits per heavy atom. The largest absolute Gasteiger partial charge is 0.492 e. The lowest BCUT2D eigenvalue weighted by molar-refractivity contribution is 0.120. The van der Waals surface area contributed by atoms with Gasteiger partial charge >= 0.3 is 0 Å². The second kappa shape index (κ2) is 12.3. The summed E-state index contributed by atoms with van der Waals surface area (Å²) in [7, 11) is 3.98. The smallest absolute Gasteiger partial charge is 0.191 e. The van der Waals surface area contributed by atoms with Gasteiger partial charge in [-0.15, -0.1) is 24.0 Å². The van der Waals surface area contributed by atoms with Gasteiger partial charge in [-0.3, -0.25) is 9.89 Å². The number of rotatable bonds is 7. The van der Waals surface area contributed by atoms with Crippen LogP contribution in [-0.2, 0) is 0 Å². The first-order valence-corrected chi connectivity index (χ1v) is 8.74. The highest BCUT2D eigenvalue weighted by molar-refractivity contribution is 14.0. The Morgan fingerprint density at radius 2 is 1.84 bits per heavy atom. The molecule has 142 valence electrons. The summed E-state index contributed by atoms with van der Waals surface area (Å²) >= 11 is 0. The van der Waals surface area contributed by atoms with E-state index in [1.165, 1.54) is 0 Å². The van der Waals surface area contributed by atoms with Crippen molar-refractivity contribution in [3.8, 4) is 5.75 Å². The Kier molecular flexibility index (Phi) is 10.8. The first-order valence-electron chi connectivity index (χ1n) is 8.74. The van der Waals surface area contributed by atoms with E-state index in [1.807, 2.05) is 30.3 Å². The number of ether oxygens (including phenoxy) is 1. The predicted octanol–water partition coefficient (Wildman–Crippen LogP) is 1.48. The Balaban J connectivity index is 0.00000312. The van der Waals surface area contributed by atoms with Crippen LogP contribution in [0.3, 0.4) is 0 Å². The van der Waals surface area contributed by atoms with Crippen LogP contribution in [0.2, 0.25) is 0 Å². The van der Waals surface area contributed by atoms with Crippen molar-refractivity contribution < 1.29 is 4.74 Å². The van der Waals surface area contributed by atoms with E-state index < -0.39 is 0 Å². The number of nitrogens with zero attached hydrogens (tertiary/aromatic N) is 3. The lowest BCUT2D eigenvalue weighted by Gasteiger charge is -2.36. The molecule has 0 bridgehead atoms. The van der Waals surface area contributed by atoms with Gasteiger partial charge in [0.1, 0.15) is 12.4 Å². The molecule has 1 aliphatic rings. The van der Waals surface area contributed by atoms with Crippen molar-refractivity contribution in [2.45, 2.75) is 13.0 Å². The first kappa shape index (κ1) is 22.0. The molecular weight excluding hydrogens is 429 g/mol. The maximum atomic E-state index is 5.67. The molecule has 6 nitrogen and oxygen atoms in total. The third-order valence-electron chi connectivity index (χ3n) is 4.36. The van der Waals surface area contributed by atoms with Gasteiger partial charge in [-0.2, -0.15) is 0 Å². The molecule has 1 unspecified atom stereocenters. The van der Waals surface area contributed by atoms with Crippen LogP contribution < -0.4 is 15.4 Å². The molecule has 0 aliphatic carbocycles. The third kappa shape index (κ3) is 8.24. The summed E-state index contributed by atoms with van der Waals surface area (Å²) in [5.74, 6) is 1.72. The van der Waals surface area contributed by atoms with Crippen molar-refractivity contribution >= 4 is 29.9 Å². The Hall–Kier alpha value is -1.06. The monoisotopic (exact) mass is 461 g/mol. The van der Waals surface area contributed by atoms with E-state index in [1.54, 1.807) is 7.05 Å². The highest BCUT2D eigenvalue weighted by Gasteiger charge is 2.18. The molecule has 0 spiro atoms. The molecule has 0 amide bonds. The Labute approximate surface area is 169 Å². The maximum absolute atomic E-state index is 5.67. The molecule has 1 aliphatic heterocycles. The normalized spacial score (nSPS) is 17.5. The minimum absolute atomic E-state index is 0. The number of hydrogen-bond acceptors (Lipinski definition) is 4. The number of piperazine rings is 1. The van der Waals surface area contributed by atoms with E-state index in [-0.39, 0.29) is 24.0 Å². The molecule has 0 aromatic heterocycles. The Bertz CT molecular complexity index is 491. The fourth-order valence-electron chi connectivity index (χ4n) is 2.71. The topological polar surface area (TPSA) is 52.1 Å². The van der Waals surface area contributed by atoms with Crippen LogP contribution in [0.25, 0.3) is 0 Å². The molecule has 1 aromatic carbocycles. The number of aliphatic imine (C=N–C) groups is 1. The molecule has 1 heterocycles. The summed E-state index contributed by atoms with van der Waals surface area (Å²) in [4.78, 5) is 9.18. The first-order chi connectivity index (χ1) is 11.7. The number of guanidine groups is 1. The van der Waals surface area contributed by atoms with Gasteiger partial charge in [0.25, 0.3) is 0 Å². The van der Waals surface area contributed by atoms with Crippen LogP contribution in [0.5, 0.6) is 5.75 Å². The predicted molar refractivity (Wildman–Crippen MR) is 115 cm³/mol. The zero-order valence-corrected chi connectivity index (χ0v) is 17.9. The summed E-state index contributed by atoms with van der Waals surface area (Å²) in [5, 5.41) is 6.70. The molecule has 25 heavy (non-hydrogen) atoms. The number of benzene rings is 1. The molecule has 2 rings (SSSR count). The van der Waals surface area contributed by atoms with Gasteiger partial charge in [0.05, 0.1) is 6.54 Å². The fourth-order valence-corrected chi connectivity index (χ4v) is 2.71. The van der Waals surface area contributed by atoms with Crippen LogP contribution in [-0.4, -0.2) is 81.8 Å². The van der Waals surface area contributed by atoms with Crippen LogP contribution >= 0.6 is 24.0 Å². The fraction of sp³-hybridized carbons (Fsp3) is 0.611. The van der Waals surface area contributed by atoms with E-state index >= 15 is 0 Å². The van der Waals surface area contributed by atoms with Gasteiger partial charge in [0.15, 0.2) is 5.96 Å². The number of likely N-dealkylation sites (N-methyl/N-ethyl adjacent to an activating group) is 1. The van der Waals surface area contributed by atoms with Crippen LogP contribution in [0.15, 0.2) is 35.3 Å². The van der Waals surface area contributed by atoms with Crippen molar-refractivity contribution in [3.63, 3.8) is 0 Å². The average Bonchev–Trinajstić information content (AvgIpc) is 2.62. The lowest BCUT2D eigenvalue weighted by Crippen LogP contribution is -2.52. The molecule has 1 fully saturated rings. The van der Waals surface area contributed by atoms with Crippen molar-refractivity contribution in [2.24, 2.45) is 4.99 Å². The molecule has 1 atom stereocenters. The van der Waals surface area contributed by atoms with Crippen LogP contribution in [0.4, 0.5) is 0 Å². The molecule has 1 saturated heterocycles. The summed E-state index contributed by atoms with van der Waals surface area (Å²) in [5.41, 5.74) is 0. The maximum Gasteiger partial charge on any atom is 0.191 e. The van der Waals surface area contributed by atoms with Gasteiger partial charge in [-0.25, -0.2) is 0 Å². The molecule has 0 saturated carbocycles. The Morgan fingerprint density at radius 1 is 1.16 bits per heavy atom. The molecule has 0 radical (unpaired) electrons. The van der Waals surface area contributed by atoms with Crippen molar-refractivity contribution in [3.05, 3.63) is 30.3 Å². The quantitative estimate of drug-likeness (QED) is 0.279. The van der Waals surface area contributed by atoms with Gasteiger partial charge in [-0.05, 0) is 26.1 Å². The molecule has 2 N–H and O–H groups in total. The van der Waals surface area contributed by atoms with Gasteiger partial charge in [-0.1, -0.05) is 18.2 Å². The minimum Gasteiger partial charge on any atom is -0.492 e. The number of hydrogen-bond donors (Lipinski definition) is 2. The van der Waals surface area contributed by atoms with Crippen LogP contribution in [0, 0.1) is 0 Å². The highest BCUT2D eigenvalue weighted by atomic mass is 127. The van der Waals surface area contributed by atoms with Crippen molar-refractivity contribution in [1.82, 2.24) is 20.4 Å². The average molecular weight is 461 g/mol. The van der Waals surface area contributed by atoms with E-state index in [0.717, 1.165) is 51.0 Å². The number of para-hydroxylation sites is 1. The van der Waals surface area contributed by atoms with E-state index in [4.69, 9.17) is 4.74 Å². The van der Waals surface area contributed by atoms with E-state index in [9.17, 15) is 0 Å². The third-order valence-corrected chi connectivity index (χ3v) is 4.36. The summed E-state index contributed by atoms with van der Waals surface area (Å²) < 4.78 is 5.67. The van der Waals surface area contributed by atoms with Crippen LogP contribution in [0.1, 0.15) is 6.92 Å². The minimum atomic E-state index is 0. The number of halogens is 1. The zero-order chi connectivity index (χ0) is 17.2. The summed E-state index contributed by atoms with van der Waals surface area (Å²) in [6.07, 6.45) is 0. The summed E-state index contributed by atoms with van der Waals surface area (Å²) in [6, 6.07) is 10.4. The van der Waals surface area contributed by atoms with Crippen molar-refractivity contribution in [2.75, 3.05) is 60.0 Å². The lowest BCUT2D eigenvalue weighted by atomic mass is 10.2. The van der Waals surface area contributed by atoms with Gasteiger partial charge in [0, 0.05) is 45.8 Å². The van der Waals surface area contributed by atoms with Crippen molar-refractivity contribution in [1.29, 1.82) is 0 Å². The molecule has 1 aromatic rings. The molecular formula is C18H32IN5O. The van der Waals surface area contributed by atoms with Gasteiger partial charge in [0.2, 0.25) is 0 Å². The molecule has 7 heteroatoms. The zero-order valence-electron chi connectivity index (χ0n) is 15.6.